The van der Waals surface area contributed by atoms with Crippen molar-refractivity contribution >= 4 is 12.2 Å². The van der Waals surface area contributed by atoms with Crippen molar-refractivity contribution in [3.63, 3.8) is 0 Å². The maximum absolute atomic E-state index is 12.4. The number of aldehydes is 1. The molecule has 0 saturated carbocycles. The smallest absolute Gasteiger partial charge is 0.263 e. The summed E-state index contributed by atoms with van der Waals surface area (Å²) in [6.45, 7) is 3.36. The Morgan fingerprint density at radius 1 is 1.20 bits per heavy atom. The maximum Gasteiger partial charge on any atom is 0.263 e. The molecule has 0 radical (unpaired) electrons. The zero-order chi connectivity index (χ0) is 14.4. The van der Waals surface area contributed by atoms with E-state index in [1.54, 1.807) is 31.2 Å². The molecule has 1 aliphatic heterocycles. The molecule has 4 heteroatoms. The number of para-hydroxylation sites is 1. The minimum absolute atomic E-state index is 0.00704. The Bertz CT molecular complexity index is 465. The molecule has 0 N–H and O–H groups in total. The Morgan fingerprint density at radius 3 is 2.50 bits per heavy atom. The molecule has 20 heavy (non-hydrogen) atoms. The van der Waals surface area contributed by atoms with Crippen molar-refractivity contribution in [2.24, 2.45) is 0 Å². The Balaban J connectivity index is 2.01. The third-order valence-corrected chi connectivity index (χ3v) is 3.62. The topological polar surface area (TPSA) is 46.6 Å². The molecule has 108 valence electrons. The van der Waals surface area contributed by atoms with Crippen LogP contribution in [0.15, 0.2) is 24.3 Å². The number of carbonyl (C=O) groups is 2. The van der Waals surface area contributed by atoms with E-state index < -0.39 is 6.10 Å². The number of rotatable bonds is 4. The molecule has 1 heterocycles. The van der Waals surface area contributed by atoms with Crippen molar-refractivity contribution in [2.75, 3.05) is 13.1 Å². The van der Waals surface area contributed by atoms with Crippen LogP contribution in [-0.4, -0.2) is 36.3 Å². The number of nitrogens with zero attached hydrogens (tertiary/aromatic N) is 1. The lowest BCUT2D eigenvalue weighted by Crippen LogP contribution is -2.41. The van der Waals surface area contributed by atoms with Gasteiger partial charge >= 0.3 is 0 Å². The van der Waals surface area contributed by atoms with Crippen LogP contribution < -0.4 is 4.74 Å². The minimum Gasteiger partial charge on any atom is -0.480 e. The summed E-state index contributed by atoms with van der Waals surface area (Å²) >= 11 is 0. The van der Waals surface area contributed by atoms with Crippen LogP contribution in [0.5, 0.6) is 5.75 Å². The van der Waals surface area contributed by atoms with Gasteiger partial charge in [-0.25, -0.2) is 0 Å². The van der Waals surface area contributed by atoms with E-state index in [1.165, 1.54) is 12.8 Å². The minimum atomic E-state index is -0.561. The summed E-state index contributed by atoms with van der Waals surface area (Å²) in [5.41, 5.74) is 0.475. The van der Waals surface area contributed by atoms with Crippen molar-refractivity contribution in [1.82, 2.24) is 4.90 Å². The van der Waals surface area contributed by atoms with Gasteiger partial charge in [0.15, 0.2) is 12.4 Å². The number of likely N-dealkylation sites (tertiary alicyclic amines) is 1. The maximum atomic E-state index is 12.4. The van der Waals surface area contributed by atoms with Gasteiger partial charge in [0.05, 0.1) is 5.56 Å². The first kappa shape index (κ1) is 14.6. The summed E-state index contributed by atoms with van der Waals surface area (Å²) in [7, 11) is 0. The lowest BCUT2D eigenvalue weighted by atomic mass is 10.2. The van der Waals surface area contributed by atoms with Crippen LogP contribution in [-0.2, 0) is 4.79 Å². The van der Waals surface area contributed by atoms with Crippen molar-refractivity contribution in [1.29, 1.82) is 0 Å². The van der Waals surface area contributed by atoms with Gasteiger partial charge in [0, 0.05) is 13.1 Å². The van der Waals surface area contributed by atoms with Crippen LogP contribution in [0.25, 0.3) is 0 Å². The number of carbonyl (C=O) groups excluding carboxylic acids is 2. The number of hydrogen-bond acceptors (Lipinski definition) is 3. The first-order valence-electron chi connectivity index (χ1n) is 7.22. The highest BCUT2D eigenvalue weighted by molar-refractivity contribution is 5.82. The molecule has 0 bridgehead atoms. The molecule has 1 aromatic carbocycles. The van der Waals surface area contributed by atoms with Crippen molar-refractivity contribution in [3.8, 4) is 5.75 Å². The van der Waals surface area contributed by atoms with Gasteiger partial charge in [0.2, 0.25) is 0 Å². The molecule has 1 unspecified atom stereocenters. The number of ether oxygens (including phenoxy) is 1. The van der Waals surface area contributed by atoms with E-state index in [9.17, 15) is 9.59 Å². The largest absolute Gasteiger partial charge is 0.480 e. The first-order chi connectivity index (χ1) is 9.72. The molecule has 2 rings (SSSR count). The standard InChI is InChI=1S/C16H21NO3/c1-13(16(19)17-10-6-2-3-7-11-17)20-15-9-5-4-8-14(15)12-18/h4-5,8-9,12-13H,2-3,6-7,10-11H2,1H3. The van der Waals surface area contributed by atoms with Gasteiger partial charge in [0.1, 0.15) is 5.75 Å². The first-order valence-corrected chi connectivity index (χ1v) is 7.22. The fourth-order valence-corrected chi connectivity index (χ4v) is 2.47. The average molecular weight is 275 g/mol. The Hall–Kier alpha value is -1.84. The molecule has 0 aromatic heterocycles. The fraction of sp³-hybridized carbons (Fsp3) is 0.500. The molecular formula is C16H21NO3. The summed E-state index contributed by atoms with van der Waals surface area (Å²) in [4.78, 5) is 25.2. The average Bonchev–Trinajstić information content (AvgIpc) is 2.76. The zero-order valence-corrected chi connectivity index (χ0v) is 11.9. The summed E-state index contributed by atoms with van der Waals surface area (Å²) in [5.74, 6) is 0.478. The van der Waals surface area contributed by atoms with E-state index in [2.05, 4.69) is 0 Å². The highest BCUT2D eigenvalue weighted by Crippen LogP contribution is 2.19. The summed E-state index contributed by atoms with van der Waals surface area (Å²) in [6.07, 6.45) is 4.68. The lowest BCUT2D eigenvalue weighted by Gasteiger charge is -2.24. The van der Waals surface area contributed by atoms with Gasteiger partial charge < -0.3 is 9.64 Å². The zero-order valence-electron chi connectivity index (χ0n) is 11.9. The molecule has 1 atom stereocenters. The van der Waals surface area contributed by atoms with E-state index in [1.807, 2.05) is 4.90 Å². The quantitative estimate of drug-likeness (QED) is 0.794. The van der Waals surface area contributed by atoms with Crippen LogP contribution in [0.1, 0.15) is 43.0 Å². The second-order valence-electron chi connectivity index (χ2n) is 5.16. The third kappa shape index (κ3) is 3.59. The molecule has 1 fully saturated rings. The molecule has 1 saturated heterocycles. The summed E-state index contributed by atoms with van der Waals surface area (Å²) in [5, 5.41) is 0. The van der Waals surface area contributed by atoms with Crippen molar-refractivity contribution < 1.29 is 14.3 Å². The monoisotopic (exact) mass is 275 g/mol. The van der Waals surface area contributed by atoms with Crippen LogP contribution >= 0.6 is 0 Å². The van der Waals surface area contributed by atoms with E-state index in [0.29, 0.717) is 11.3 Å². The Labute approximate surface area is 119 Å². The number of amides is 1. The fourth-order valence-electron chi connectivity index (χ4n) is 2.47. The highest BCUT2D eigenvalue weighted by Gasteiger charge is 2.23. The van der Waals surface area contributed by atoms with Crippen LogP contribution in [0.3, 0.4) is 0 Å². The van der Waals surface area contributed by atoms with E-state index in [0.717, 1.165) is 32.2 Å². The van der Waals surface area contributed by atoms with Crippen molar-refractivity contribution in [2.45, 2.75) is 38.7 Å². The molecule has 1 aromatic rings. The molecular weight excluding hydrogens is 254 g/mol. The number of benzene rings is 1. The predicted octanol–water partition coefficient (Wildman–Crippen LogP) is 2.67. The van der Waals surface area contributed by atoms with Gasteiger partial charge in [-0.15, -0.1) is 0 Å². The van der Waals surface area contributed by atoms with Crippen LogP contribution in [0, 0.1) is 0 Å². The van der Waals surface area contributed by atoms with Gasteiger partial charge in [0.25, 0.3) is 5.91 Å². The van der Waals surface area contributed by atoms with Gasteiger partial charge in [-0.3, -0.25) is 9.59 Å². The molecule has 0 spiro atoms. The lowest BCUT2D eigenvalue weighted by molar-refractivity contribution is -0.137. The van der Waals surface area contributed by atoms with Crippen LogP contribution in [0.4, 0.5) is 0 Å². The van der Waals surface area contributed by atoms with E-state index >= 15 is 0 Å². The summed E-state index contributed by atoms with van der Waals surface area (Å²) in [6, 6.07) is 6.98. The highest BCUT2D eigenvalue weighted by atomic mass is 16.5. The van der Waals surface area contributed by atoms with Gasteiger partial charge in [-0.1, -0.05) is 25.0 Å². The van der Waals surface area contributed by atoms with Crippen molar-refractivity contribution in [3.05, 3.63) is 29.8 Å². The molecule has 1 amide bonds. The van der Waals surface area contributed by atoms with Gasteiger partial charge in [-0.05, 0) is 31.9 Å². The Kier molecular flexibility index (Phi) is 5.16. The normalized spacial score (nSPS) is 17.1. The second-order valence-corrected chi connectivity index (χ2v) is 5.16. The third-order valence-electron chi connectivity index (χ3n) is 3.62. The molecule has 1 aliphatic rings. The van der Waals surface area contributed by atoms with Crippen LogP contribution in [0.2, 0.25) is 0 Å². The number of hydrogen-bond donors (Lipinski definition) is 0. The predicted molar refractivity (Wildman–Crippen MR) is 77.0 cm³/mol. The SMILES string of the molecule is CC(Oc1ccccc1C=O)C(=O)N1CCCCCC1. The van der Waals surface area contributed by atoms with E-state index in [-0.39, 0.29) is 5.91 Å². The molecule has 0 aliphatic carbocycles. The second kappa shape index (κ2) is 7.08. The van der Waals surface area contributed by atoms with E-state index in [4.69, 9.17) is 4.74 Å². The Morgan fingerprint density at radius 2 is 1.85 bits per heavy atom. The summed E-state index contributed by atoms with van der Waals surface area (Å²) < 4.78 is 5.67. The van der Waals surface area contributed by atoms with Gasteiger partial charge in [-0.2, -0.15) is 0 Å². The molecule has 4 nitrogen and oxygen atoms in total.